The molecule has 2 aliphatic heterocycles. The third-order valence-corrected chi connectivity index (χ3v) is 6.61. The lowest BCUT2D eigenvalue weighted by atomic mass is 9.75. The van der Waals surface area contributed by atoms with Crippen LogP contribution < -0.4 is 5.32 Å². The van der Waals surface area contributed by atoms with E-state index in [-0.39, 0.29) is 5.60 Å². The third-order valence-electron chi connectivity index (χ3n) is 6.24. The standard InChI is InChI=1S/C23H37ClN2O2/c1-23(2)18-21(8-14-28-23)19(17-20-5-3-4-6-22(20)24)7-9-25-10-11-26-12-15-27-16-13-26/h3-6,19,21,25H,7-18H2,1-2H3/t19-,21-/m0/s1. The minimum Gasteiger partial charge on any atom is -0.379 e. The van der Waals surface area contributed by atoms with E-state index >= 15 is 0 Å². The average Bonchev–Trinajstić information content (AvgIpc) is 2.68. The van der Waals surface area contributed by atoms with Crippen molar-refractivity contribution in [2.45, 2.75) is 45.1 Å². The van der Waals surface area contributed by atoms with E-state index in [9.17, 15) is 0 Å². The van der Waals surface area contributed by atoms with E-state index in [1.807, 2.05) is 12.1 Å². The number of rotatable bonds is 9. The maximum absolute atomic E-state index is 6.48. The first-order valence-electron chi connectivity index (χ1n) is 10.9. The molecule has 0 unspecified atom stereocenters. The number of nitrogens with zero attached hydrogens (tertiary/aromatic N) is 1. The van der Waals surface area contributed by atoms with Gasteiger partial charge in [-0.3, -0.25) is 4.90 Å². The van der Waals surface area contributed by atoms with E-state index in [0.29, 0.717) is 11.8 Å². The van der Waals surface area contributed by atoms with E-state index in [4.69, 9.17) is 21.1 Å². The first kappa shape index (κ1) is 22.0. The molecule has 0 amide bonds. The molecule has 5 heteroatoms. The zero-order valence-corrected chi connectivity index (χ0v) is 18.3. The van der Waals surface area contributed by atoms with Gasteiger partial charge in [0.2, 0.25) is 0 Å². The van der Waals surface area contributed by atoms with Crippen molar-refractivity contribution in [3.8, 4) is 0 Å². The zero-order valence-electron chi connectivity index (χ0n) is 17.6. The van der Waals surface area contributed by atoms with Crippen LogP contribution in [0.15, 0.2) is 24.3 Å². The molecular weight excluding hydrogens is 372 g/mol. The molecule has 0 bridgehead atoms. The van der Waals surface area contributed by atoms with Gasteiger partial charge in [0.05, 0.1) is 18.8 Å². The first-order chi connectivity index (χ1) is 13.5. The van der Waals surface area contributed by atoms with Gasteiger partial charge in [0.25, 0.3) is 0 Å². The van der Waals surface area contributed by atoms with Crippen molar-refractivity contribution < 1.29 is 9.47 Å². The molecule has 2 fully saturated rings. The highest BCUT2D eigenvalue weighted by Gasteiger charge is 2.33. The summed E-state index contributed by atoms with van der Waals surface area (Å²) in [6, 6.07) is 8.33. The van der Waals surface area contributed by atoms with Gasteiger partial charge < -0.3 is 14.8 Å². The highest BCUT2D eigenvalue weighted by atomic mass is 35.5. The van der Waals surface area contributed by atoms with E-state index in [1.165, 1.54) is 12.0 Å². The number of benzene rings is 1. The molecule has 158 valence electrons. The lowest BCUT2D eigenvalue weighted by Gasteiger charge is -2.39. The summed E-state index contributed by atoms with van der Waals surface area (Å²) in [5.41, 5.74) is 1.28. The molecule has 2 saturated heterocycles. The monoisotopic (exact) mass is 408 g/mol. The van der Waals surface area contributed by atoms with Crippen molar-refractivity contribution in [2.75, 3.05) is 52.5 Å². The molecule has 1 N–H and O–H groups in total. The Hall–Kier alpha value is -0.650. The second-order valence-corrected chi connectivity index (χ2v) is 9.32. The molecule has 2 heterocycles. The Morgan fingerprint density at radius 1 is 1.18 bits per heavy atom. The van der Waals surface area contributed by atoms with Gasteiger partial charge in [-0.05, 0) is 69.5 Å². The summed E-state index contributed by atoms with van der Waals surface area (Å²) in [4.78, 5) is 2.48. The highest BCUT2D eigenvalue weighted by molar-refractivity contribution is 6.31. The second kappa shape index (κ2) is 10.9. The van der Waals surface area contributed by atoms with Gasteiger partial charge in [0.15, 0.2) is 0 Å². The van der Waals surface area contributed by atoms with Crippen LogP contribution in [0.5, 0.6) is 0 Å². The van der Waals surface area contributed by atoms with Crippen molar-refractivity contribution in [1.82, 2.24) is 10.2 Å². The van der Waals surface area contributed by atoms with Crippen LogP contribution in [0.1, 0.15) is 38.7 Å². The first-order valence-corrected chi connectivity index (χ1v) is 11.3. The maximum Gasteiger partial charge on any atom is 0.0629 e. The summed E-state index contributed by atoms with van der Waals surface area (Å²) in [5, 5.41) is 4.58. The molecule has 2 aliphatic rings. The Labute approximate surface area is 175 Å². The predicted molar refractivity (Wildman–Crippen MR) is 116 cm³/mol. The van der Waals surface area contributed by atoms with Gasteiger partial charge in [0, 0.05) is 37.8 Å². The Morgan fingerprint density at radius 3 is 2.71 bits per heavy atom. The Morgan fingerprint density at radius 2 is 1.96 bits per heavy atom. The normalized spacial score (nSPS) is 24.2. The quantitative estimate of drug-likeness (QED) is 0.626. The Bertz CT molecular complexity index is 590. The van der Waals surface area contributed by atoms with Gasteiger partial charge in [0.1, 0.15) is 0 Å². The lowest BCUT2D eigenvalue weighted by Crippen LogP contribution is -2.41. The van der Waals surface area contributed by atoms with Crippen LogP contribution in [-0.2, 0) is 15.9 Å². The van der Waals surface area contributed by atoms with Crippen LogP contribution in [0.4, 0.5) is 0 Å². The van der Waals surface area contributed by atoms with Crippen molar-refractivity contribution in [1.29, 1.82) is 0 Å². The number of ether oxygens (including phenoxy) is 2. The van der Waals surface area contributed by atoms with Crippen molar-refractivity contribution in [3.63, 3.8) is 0 Å². The average molecular weight is 409 g/mol. The molecule has 0 radical (unpaired) electrons. The van der Waals surface area contributed by atoms with Crippen LogP contribution in [0.2, 0.25) is 5.02 Å². The summed E-state index contributed by atoms with van der Waals surface area (Å²) in [6.07, 6.45) is 4.54. The number of hydrogen-bond donors (Lipinski definition) is 1. The Balaban J connectivity index is 1.51. The van der Waals surface area contributed by atoms with Crippen LogP contribution in [0.25, 0.3) is 0 Å². The molecule has 2 atom stereocenters. The van der Waals surface area contributed by atoms with E-state index < -0.39 is 0 Å². The molecule has 1 aromatic carbocycles. The molecule has 0 aromatic heterocycles. The molecule has 0 spiro atoms. The van der Waals surface area contributed by atoms with E-state index in [2.05, 4.69) is 36.2 Å². The lowest BCUT2D eigenvalue weighted by molar-refractivity contribution is -0.0830. The van der Waals surface area contributed by atoms with E-state index in [0.717, 1.165) is 76.8 Å². The molecule has 0 aliphatic carbocycles. The fourth-order valence-electron chi connectivity index (χ4n) is 4.61. The van der Waals surface area contributed by atoms with Crippen molar-refractivity contribution in [3.05, 3.63) is 34.9 Å². The minimum atomic E-state index is -0.00852. The van der Waals surface area contributed by atoms with E-state index in [1.54, 1.807) is 0 Å². The smallest absolute Gasteiger partial charge is 0.0629 e. The molecule has 0 saturated carbocycles. The van der Waals surface area contributed by atoms with Gasteiger partial charge in [-0.1, -0.05) is 29.8 Å². The topological polar surface area (TPSA) is 33.7 Å². The SMILES string of the molecule is CC1(C)C[C@@H]([C@@H](CCNCCN2CCOCC2)Cc2ccccc2Cl)CCO1. The zero-order chi connectivity index (χ0) is 19.8. The summed E-state index contributed by atoms with van der Waals surface area (Å²) in [7, 11) is 0. The van der Waals surface area contributed by atoms with Crippen LogP contribution in [0.3, 0.4) is 0 Å². The van der Waals surface area contributed by atoms with Gasteiger partial charge >= 0.3 is 0 Å². The van der Waals surface area contributed by atoms with Crippen molar-refractivity contribution >= 4 is 11.6 Å². The summed E-state index contributed by atoms with van der Waals surface area (Å²) < 4.78 is 11.4. The highest BCUT2D eigenvalue weighted by Crippen LogP contribution is 2.37. The predicted octanol–water partition coefficient (Wildman–Crippen LogP) is 4.02. The third kappa shape index (κ3) is 7.00. The molecular formula is C23H37ClN2O2. The summed E-state index contributed by atoms with van der Waals surface area (Å²) in [5.74, 6) is 1.33. The van der Waals surface area contributed by atoms with Gasteiger partial charge in [-0.25, -0.2) is 0 Å². The fraction of sp³-hybridized carbons (Fsp3) is 0.739. The fourth-order valence-corrected chi connectivity index (χ4v) is 4.82. The van der Waals surface area contributed by atoms with Gasteiger partial charge in [-0.15, -0.1) is 0 Å². The number of morpholine rings is 1. The maximum atomic E-state index is 6.48. The molecule has 1 aromatic rings. The van der Waals surface area contributed by atoms with Crippen LogP contribution in [-0.4, -0.2) is 63.0 Å². The minimum absolute atomic E-state index is 0.00852. The number of hydrogen-bond acceptors (Lipinski definition) is 4. The summed E-state index contributed by atoms with van der Waals surface area (Å²) >= 11 is 6.48. The largest absolute Gasteiger partial charge is 0.379 e. The van der Waals surface area contributed by atoms with Crippen LogP contribution in [0, 0.1) is 11.8 Å². The molecule has 3 rings (SSSR count). The second-order valence-electron chi connectivity index (χ2n) is 8.91. The van der Waals surface area contributed by atoms with Gasteiger partial charge in [-0.2, -0.15) is 0 Å². The van der Waals surface area contributed by atoms with Crippen molar-refractivity contribution in [2.24, 2.45) is 11.8 Å². The molecule has 28 heavy (non-hydrogen) atoms. The van der Waals surface area contributed by atoms with Crippen LogP contribution >= 0.6 is 11.6 Å². The number of nitrogens with one attached hydrogen (secondary N) is 1. The summed E-state index contributed by atoms with van der Waals surface area (Å²) in [6.45, 7) is 12.4. The molecule has 4 nitrogen and oxygen atoms in total. The Kier molecular flexibility index (Phi) is 8.61. The number of halogens is 1.